The number of nitrogens with zero attached hydrogens (tertiary/aromatic N) is 2. The van der Waals surface area contributed by atoms with E-state index in [4.69, 9.17) is 0 Å². The Labute approximate surface area is 104 Å². The summed E-state index contributed by atoms with van der Waals surface area (Å²) in [7, 11) is 0. The third kappa shape index (κ3) is 1.61. The molecule has 0 unspecified atom stereocenters. The zero-order valence-corrected chi connectivity index (χ0v) is 10.00. The van der Waals surface area contributed by atoms with Crippen LogP contribution >= 0.6 is 0 Å². The topological polar surface area (TPSA) is 34.9 Å². The molecule has 18 heavy (non-hydrogen) atoms. The zero-order chi connectivity index (χ0) is 12.5. The van der Waals surface area contributed by atoms with Crippen LogP contribution in [0, 0.1) is 6.92 Å². The van der Waals surface area contributed by atoms with Crippen LogP contribution in [0.15, 0.2) is 59.7 Å². The fourth-order valence-corrected chi connectivity index (χ4v) is 2.11. The second-order valence-electron chi connectivity index (χ2n) is 4.21. The molecule has 0 saturated carbocycles. The third-order valence-corrected chi connectivity index (χ3v) is 3.06. The van der Waals surface area contributed by atoms with E-state index < -0.39 is 0 Å². The van der Waals surface area contributed by atoms with E-state index in [0.717, 1.165) is 16.3 Å². The number of hydrogen-bond donors (Lipinski definition) is 0. The van der Waals surface area contributed by atoms with E-state index in [1.165, 1.54) is 0 Å². The molecule has 2 aromatic heterocycles. The molecule has 88 valence electrons. The Hall–Kier alpha value is -2.42. The number of fused-ring (bicyclic) bond motifs is 1. The van der Waals surface area contributed by atoms with Crippen LogP contribution in [0.3, 0.4) is 0 Å². The minimum Gasteiger partial charge on any atom is -0.268 e. The summed E-state index contributed by atoms with van der Waals surface area (Å²) >= 11 is 0. The van der Waals surface area contributed by atoms with E-state index in [1.54, 1.807) is 17.0 Å². The molecule has 3 heteroatoms. The molecular weight excluding hydrogens is 224 g/mol. The van der Waals surface area contributed by atoms with E-state index in [2.05, 4.69) is 4.98 Å². The van der Waals surface area contributed by atoms with Gasteiger partial charge in [-0.2, -0.15) is 0 Å². The SMILES string of the molecule is Cc1cccc2c(=O)n(-c3ccccn3)ccc12. The number of rotatable bonds is 1. The molecule has 0 aliphatic rings. The maximum absolute atomic E-state index is 12.4. The summed E-state index contributed by atoms with van der Waals surface area (Å²) in [4.78, 5) is 16.6. The second kappa shape index (κ2) is 4.11. The predicted molar refractivity (Wildman–Crippen MR) is 72.1 cm³/mol. The summed E-state index contributed by atoms with van der Waals surface area (Å²) in [6, 6.07) is 13.2. The van der Waals surface area contributed by atoms with Crippen LogP contribution in [0.4, 0.5) is 0 Å². The molecule has 0 N–H and O–H groups in total. The van der Waals surface area contributed by atoms with Gasteiger partial charge in [0.15, 0.2) is 0 Å². The minimum atomic E-state index is -0.0325. The van der Waals surface area contributed by atoms with E-state index in [1.807, 2.05) is 49.4 Å². The Morgan fingerprint density at radius 2 is 1.89 bits per heavy atom. The van der Waals surface area contributed by atoms with Gasteiger partial charge in [0.2, 0.25) is 0 Å². The summed E-state index contributed by atoms with van der Waals surface area (Å²) in [6.45, 7) is 2.01. The summed E-state index contributed by atoms with van der Waals surface area (Å²) in [5.41, 5.74) is 1.08. The third-order valence-electron chi connectivity index (χ3n) is 3.06. The smallest absolute Gasteiger partial charge is 0.264 e. The molecule has 0 spiro atoms. The highest BCUT2D eigenvalue weighted by atomic mass is 16.1. The number of pyridine rings is 2. The van der Waals surface area contributed by atoms with Crippen molar-refractivity contribution in [2.45, 2.75) is 6.92 Å². The molecule has 0 radical (unpaired) electrons. The second-order valence-corrected chi connectivity index (χ2v) is 4.21. The fourth-order valence-electron chi connectivity index (χ4n) is 2.11. The number of aryl methyl sites for hydroxylation is 1. The molecular formula is C15H12N2O. The molecule has 0 bridgehead atoms. The van der Waals surface area contributed by atoms with Crippen molar-refractivity contribution in [3.63, 3.8) is 0 Å². The molecule has 0 amide bonds. The van der Waals surface area contributed by atoms with Gasteiger partial charge in [-0.3, -0.25) is 9.36 Å². The van der Waals surface area contributed by atoms with Crippen molar-refractivity contribution in [1.82, 2.24) is 9.55 Å². The van der Waals surface area contributed by atoms with Crippen LogP contribution < -0.4 is 5.56 Å². The van der Waals surface area contributed by atoms with Gasteiger partial charge in [0.1, 0.15) is 5.82 Å². The van der Waals surface area contributed by atoms with Gasteiger partial charge in [-0.05, 0) is 42.1 Å². The van der Waals surface area contributed by atoms with Gasteiger partial charge in [-0.25, -0.2) is 4.98 Å². The molecule has 0 atom stereocenters. The highest BCUT2D eigenvalue weighted by molar-refractivity contribution is 5.84. The Morgan fingerprint density at radius 1 is 1.00 bits per heavy atom. The van der Waals surface area contributed by atoms with Crippen molar-refractivity contribution < 1.29 is 0 Å². The summed E-state index contributed by atoms with van der Waals surface area (Å²) in [5.74, 6) is 0.644. The standard InChI is InChI=1S/C15H12N2O/c1-11-5-4-6-13-12(11)8-10-17(15(13)18)14-7-2-3-9-16-14/h2-10H,1H3. The lowest BCUT2D eigenvalue weighted by Gasteiger charge is -2.07. The Kier molecular flexibility index (Phi) is 2.45. The lowest BCUT2D eigenvalue weighted by molar-refractivity contribution is 0.954. The van der Waals surface area contributed by atoms with E-state index >= 15 is 0 Å². The van der Waals surface area contributed by atoms with E-state index in [-0.39, 0.29) is 5.56 Å². The quantitative estimate of drug-likeness (QED) is 0.651. The number of benzene rings is 1. The molecule has 0 aliphatic carbocycles. The molecule has 3 rings (SSSR count). The maximum atomic E-state index is 12.4. The molecule has 2 heterocycles. The highest BCUT2D eigenvalue weighted by Gasteiger charge is 2.05. The van der Waals surface area contributed by atoms with E-state index in [9.17, 15) is 4.79 Å². The van der Waals surface area contributed by atoms with Crippen molar-refractivity contribution in [2.24, 2.45) is 0 Å². The largest absolute Gasteiger partial charge is 0.268 e. The minimum absolute atomic E-state index is 0.0325. The normalized spacial score (nSPS) is 10.7. The highest BCUT2D eigenvalue weighted by Crippen LogP contribution is 2.15. The van der Waals surface area contributed by atoms with Crippen LogP contribution in [-0.4, -0.2) is 9.55 Å². The van der Waals surface area contributed by atoms with Crippen LogP contribution in [-0.2, 0) is 0 Å². The van der Waals surface area contributed by atoms with Crippen LogP contribution in [0.25, 0.3) is 16.6 Å². The van der Waals surface area contributed by atoms with Gasteiger partial charge in [-0.1, -0.05) is 18.2 Å². The van der Waals surface area contributed by atoms with Gasteiger partial charge < -0.3 is 0 Å². The van der Waals surface area contributed by atoms with Crippen LogP contribution in [0.1, 0.15) is 5.56 Å². The molecule has 0 fully saturated rings. The van der Waals surface area contributed by atoms with E-state index in [0.29, 0.717) is 5.82 Å². The first kappa shape index (κ1) is 10.7. The molecule has 3 aromatic rings. The molecule has 0 aliphatic heterocycles. The summed E-state index contributed by atoms with van der Waals surface area (Å²) in [6.07, 6.45) is 3.46. The van der Waals surface area contributed by atoms with Gasteiger partial charge in [-0.15, -0.1) is 0 Å². The average molecular weight is 236 g/mol. The average Bonchev–Trinajstić information content (AvgIpc) is 2.41. The molecule has 3 nitrogen and oxygen atoms in total. The lowest BCUT2D eigenvalue weighted by Crippen LogP contribution is -2.18. The number of hydrogen-bond acceptors (Lipinski definition) is 2. The Bertz CT molecular complexity index is 760. The van der Waals surface area contributed by atoms with Gasteiger partial charge in [0, 0.05) is 17.8 Å². The first-order valence-electron chi connectivity index (χ1n) is 5.80. The van der Waals surface area contributed by atoms with Crippen molar-refractivity contribution >= 4 is 10.8 Å². The van der Waals surface area contributed by atoms with Crippen molar-refractivity contribution in [1.29, 1.82) is 0 Å². The lowest BCUT2D eigenvalue weighted by atomic mass is 10.1. The molecule has 1 aromatic carbocycles. The Balaban J connectivity index is 2.35. The van der Waals surface area contributed by atoms with Gasteiger partial charge in [0.25, 0.3) is 5.56 Å². The number of aromatic nitrogens is 2. The monoisotopic (exact) mass is 236 g/mol. The Morgan fingerprint density at radius 3 is 2.67 bits per heavy atom. The van der Waals surface area contributed by atoms with Crippen molar-refractivity contribution in [3.8, 4) is 5.82 Å². The predicted octanol–water partition coefficient (Wildman–Crippen LogP) is 2.69. The molecule has 0 saturated heterocycles. The fraction of sp³-hybridized carbons (Fsp3) is 0.0667. The maximum Gasteiger partial charge on any atom is 0.264 e. The van der Waals surface area contributed by atoms with Crippen LogP contribution in [0.5, 0.6) is 0 Å². The summed E-state index contributed by atoms with van der Waals surface area (Å²) < 4.78 is 1.57. The van der Waals surface area contributed by atoms with Crippen LogP contribution in [0.2, 0.25) is 0 Å². The summed E-state index contributed by atoms with van der Waals surface area (Å²) in [5, 5.41) is 1.72. The van der Waals surface area contributed by atoms with Gasteiger partial charge in [0.05, 0.1) is 0 Å². The first-order chi connectivity index (χ1) is 8.77. The zero-order valence-electron chi connectivity index (χ0n) is 10.00. The van der Waals surface area contributed by atoms with Crippen molar-refractivity contribution in [3.05, 3.63) is 70.8 Å². The van der Waals surface area contributed by atoms with Crippen molar-refractivity contribution in [2.75, 3.05) is 0 Å². The van der Waals surface area contributed by atoms with Gasteiger partial charge >= 0.3 is 0 Å². The first-order valence-corrected chi connectivity index (χ1v) is 5.80.